The largest absolute Gasteiger partial charge is 0.244 e. The number of nitrogens with zero attached hydrogens (tertiary/aromatic N) is 1. The first-order valence-corrected chi connectivity index (χ1v) is 5.67. The fourth-order valence-corrected chi connectivity index (χ4v) is 1.96. The van der Waals surface area contributed by atoms with Crippen LogP contribution in [0.2, 0.25) is 0 Å². The molecule has 0 bridgehead atoms. The molecule has 4 heteroatoms. The van der Waals surface area contributed by atoms with Gasteiger partial charge in [0.2, 0.25) is 0 Å². The molecule has 0 spiro atoms. The first-order valence-electron chi connectivity index (χ1n) is 3.04. The van der Waals surface area contributed by atoms with E-state index in [0.29, 0.717) is 0 Å². The summed E-state index contributed by atoms with van der Waals surface area (Å²) in [5, 5.41) is 0. The highest BCUT2D eigenvalue weighted by molar-refractivity contribution is 9.09. The summed E-state index contributed by atoms with van der Waals surface area (Å²) in [7, 11) is -2.21. The Balaban J connectivity index is 3.25. The Morgan fingerprint density at radius 1 is 1.36 bits per heavy atom. The van der Waals surface area contributed by atoms with Crippen molar-refractivity contribution in [3.05, 3.63) is 30.3 Å². The molecule has 0 heterocycles. The molecular formula is C7H8BrNOS. The molecule has 0 aliphatic carbocycles. The third kappa shape index (κ3) is 2.04. The summed E-state index contributed by atoms with van der Waals surface area (Å²) in [6, 6.07) is 9.17. The van der Waals surface area contributed by atoms with Gasteiger partial charge in [0.25, 0.3) is 0 Å². The molecule has 0 aromatic heterocycles. The van der Waals surface area contributed by atoms with Crippen LogP contribution in [0.1, 0.15) is 0 Å². The van der Waals surface area contributed by atoms with Crippen LogP contribution in [0.15, 0.2) is 38.6 Å². The van der Waals surface area contributed by atoms with E-state index >= 15 is 0 Å². The summed E-state index contributed by atoms with van der Waals surface area (Å²) >= 11 is 2.86. The molecule has 0 N–H and O–H groups in total. The van der Waals surface area contributed by atoms with E-state index in [1.807, 2.05) is 18.2 Å². The quantitative estimate of drug-likeness (QED) is 0.733. The van der Waals surface area contributed by atoms with Crippen LogP contribution < -0.4 is 0 Å². The molecule has 11 heavy (non-hydrogen) atoms. The minimum atomic E-state index is -2.21. The second kappa shape index (κ2) is 3.36. The smallest absolute Gasteiger partial charge is 0.0853 e. The maximum atomic E-state index is 11.5. The molecule has 0 fully saturated rings. The minimum Gasteiger partial charge on any atom is -0.244 e. The van der Waals surface area contributed by atoms with Gasteiger partial charge in [-0.3, -0.25) is 0 Å². The SMILES string of the molecule is CS(=O)(=NBr)c1ccccc1. The van der Waals surface area contributed by atoms with Gasteiger partial charge in [-0.2, -0.15) is 3.39 Å². The molecule has 1 rings (SSSR count). The summed E-state index contributed by atoms with van der Waals surface area (Å²) in [4.78, 5) is 0.747. The van der Waals surface area contributed by atoms with E-state index in [4.69, 9.17) is 0 Å². The summed E-state index contributed by atoms with van der Waals surface area (Å²) < 4.78 is 15.2. The average Bonchev–Trinajstić information content (AvgIpc) is 2.06. The molecule has 1 aromatic rings. The zero-order chi connectivity index (χ0) is 8.32. The average molecular weight is 234 g/mol. The van der Waals surface area contributed by atoms with Crippen LogP contribution in [0.5, 0.6) is 0 Å². The predicted molar refractivity (Wildman–Crippen MR) is 50.1 cm³/mol. The van der Waals surface area contributed by atoms with Gasteiger partial charge in [-0.1, -0.05) is 18.2 Å². The number of benzene rings is 1. The molecule has 0 amide bonds. The van der Waals surface area contributed by atoms with Crippen molar-refractivity contribution < 1.29 is 4.21 Å². The summed E-state index contributed by atoms with van der Waals surface area (Å²) in [6.45, 7) is 0. The van der Waals surface area contributed by atoms with Crippen molar-refractivity contribution >= 4 is 25.9 Å². The maximum Gasteiger partial charge on any atom is 0.0853 e. The molecule has 1 atom stereocenters. The molecule has 0 saturated carbocycles. The zero-order valence-corrected chi connectivity index (χ0v) is 8.43. The summed E-state index contributed by atoms with van der Waals surface area (Å²) in [5.41, 5.74) is 0. The van der Waals surface area contributed by atoms with Crippen LogP contribution in [0.3, 0.4) is 0 Å². The van der Waals surface area contributed by atoms with Crippen molar-refractivity contribution in [2.24, 2.45) is 3.39 Å². The predicted octanol–water partition coefficient (Wildman–Crippen LogP) is 2.45. The summed E-state index contributed by atoms with van der Waals surface area (Å²) in [5.74, 6) is 0. The van der Waals surface area contributed by atoms with Crippen molar-refractivity contribution in [2.45, 2.75) is 4.90 Å². The van der Waals surface area contributed by atoms with Crippen molar-refractivity contribution in [3.8, 4) is 0 Å². The van der Waals surface area contributed by atoms with Crippen molar-refractivity contribution in [1.82, 2.24) is 0 Å². The van der Waals surface area contributed by atoms with E-state index in [2.05, 4.69) is 19.5 Å². The van der Waals surface area contributed by atoms with Crippen molar-refractivity contribution in [1.29, 1.82) is 0 Å². The molecule has 0 saturated heterocycles. The third-order valence-corrected chi connectivity index (χ3v) is 4.38. The highest BCUT2D eigenvalue weighted by Crippen LogP contribution is 2.11. The van der Waals surface area contributed by atoms with Gasteiger partial charge in [-0.15, -0.1) is 0 Å². The lowest BCUT2D eigenvalue weighted by atomic mass is 10.4. The van der Waals surface area contributed by atoms with E-state index in [9.17, 15) is 4.21 Å². The monoisotopic (exact) mass is 233 g/mol. The highest BCUT2D eigenvalue weighted by atomic mass is 79.9. The number of hydrogen-bond donors (Lipinski definition) is 0. The van der Waals surface area contributed by atoms with Gasteiger partial charge < -0.3 is 0 Å². The molecule has 1 aromatic carbocycles. The van der Waals surface area contributed by atoms with Gasteiger partial charge in [0.15, 0.2) is 0 Å². The van der Waals surface area contributed by atoms with Gasteiger partial charge in [-0.05, 0) is 12.1 Å². The topological polar surface area (TPSA) is 29.4 Å². The van der Waals surface area contributed by atoms with Gasteiger partial charge in [0, 0.05) is 11.2 Å². The van der Waals surface area contributed by atoms with Crippen LogP contribution in [0.4, 0.5) is 0 Å². The van der Waals surface area contributed by atoms with E-state index in [1.54, 1.807) is 18.4 Å². The van der Waals surface area contributed by atoms with Crippen molar-refractivity contribution in [2.75, 3.05) is 6.26 Å². The highest BCUT2D eigenvalue weighted by Gasteiger charge is 2.01. The van der Waals surface area contributed by atoms with Gasteiger partial charge in [0.1, 0.15) is 0 Å². The van der Waals surface area contributed by atoms with Crippen molar-refractivity contribution in [3.63, 3.8) is 0 Å². The van der Waals surface area contributed by atoms with E-state index < -0.39 is 9.73 Å². The molecular weight excluding hydrogens is 226 g/mol. The lowest BCUT2D eigenvalue weighted by molar-refractivity contribution is 0.681. The molecule has 1 unspecified atom stereocenters. The third-order valence-electron chi connectivity index (χ3n) is 1.31. The molecule has 60 valence electrons. The Morgan fingerprint density at radius 2 is 1.91 bits per heavy atom. The van der Waals surface area contributed by atoms with Crippen LogP contribution in [0, 0.1) is 0 Å². The maximum absolute atomic E-state index is 11.5. The number of rotatable bonds is 1. The van der Waals surface area contributed by atoms with E-state index in [-0.39, 0.29) is 0 Å². The van der Waals surface area contributed by atoms with Crippen LogP contribution >= 0.6 is 16.1 Å². The lowest BCUT2D eigenvalue weighted by Gasteiger charge is -1.99. The van der Waals surface area contributed by atoms with Gasteiger partial charge in [-0.25, -0.2) is 4.21 Å². The van der Waals surface area contributed by atoms with E-state index in [0.717, 1.165) is 4.90 Å². The van der Waals surface area contributed by atoms with Crippen LogP contribution in [-0.4, -0.2) is 10.5 Å². The molecule has 0 radical (unpaired) electrons. The second-order valence-electron chi connectivity index (χ2n) is 2.18. The standard InChI is InChI=1S/C7H8BrNOS/c1-11(10,9-8)7-5-3-2-4-6-7/h2-6H,1H3. The van der Waals surface area contributed by atoms with Gasteiger partial charge >= 0.3 is 0 Å². The Morgan fingerprint density at radius 3 is 2.36 bits per heavy atom. The lowest BCUT2D eigenvalue weighted by Crippen LogP contribution is -1.94. The fraction of sp³-hybridized carbons (Fsp3) is 0.143. The fourth-order valence-electron chi connectivity index (χ4n) is 0.713. The number of hydrogen-bond acceptors (Lipinski definition) is 2. The van der Waals surface area contributed by atoms with Crippen LogP contribution in [-0.2, 0) is 9.73 Å². The Kier molecular flexibility index (Phi) is 2.67. The first kappa shape index (κ1) is 8.74. The molecule has 0 aliphatic rings. The summed E-state index contributed by atoms with van der Waals surface area (Å²) in [6.07, 6.45) is 1.59. The zero-order valence-electron chi connectivity index (χ0n) is 6.03. The normalized spacial score (nSPS) is 15.5. The Hall–Kier alpha value is -0.350. The molecule has 0 aliphatic heterocycles. The van der Waals surface area contributed by atoms with Crippen LogP contribution in [0.25, 0.3) is 0 Å². The first-order chi connectivity index (χ1) is 5.17. The Bertz CT molecular complexity index is 341. The molecule has 2 nitrogen and oxygen atoms in total. The Labute approximate surface area is 75.2 Å². The van der Waals surface area contributed by atoms with Gasteiger partial charge in [0.05, 0.1) is 25.9 Å². The van der Waals surface area contributed by atoms with E-state index in [1.165, 1.54) is 0 Å². The number of halogens is 1. The second-order valence-corrected chi connectivity index (χ2v) is 5.27. The minimum absolute atomic E-state index is 0.747.